The number of methoxy groups -OCH3 is 1. The SMILES string of the molecule is C=CC(=O)N1CCn2nc(-c3nc(N4CCN(C(C)C)CC4)c4ccsc4c3-c3ccc(F)cc3OCCOC)cc2C1. The number of benzene rings is 1. The van der Waals surface area contributed by atoms with E-state index in [1.54, 1.807) is 29.4 Å². The minimum atomic E-state index is -0.378. The maximum atomic E-state index is 14.5. The second kappa shape index (κ2) is 12.4. The summed E-state index contributed by atoms with van der Waals surface area (Å²) >= 11 is 1.63. The average Bonchev–Trinajstić information content (AvgIpc) is 3.68. The predicted octanol–water partition coefficient (Wildman–Crippen LogP) is 5.05. The van der Waals surface area contributed by atoms with Crippen molar-refractivity contribution in [3.05, 3.63) is 59.9 Å². The third kappa shape index (κ3) is 5.76. The normalized spacial score (nSPS) is 15.7. The molecule has 0 radical (unpaired) electrons. The maximum absolute atomic E-state index is 14.5. The van der Waals surface area contributed by atoms with Crippen LogP contribution in [0.3, 0.4) is 0 Å². The van der Waals surface area contributed by atoms with Crippen molar-refractivity contribution in [1.82, 2.24) is 24.6 Å². The molecule has 5 heterocycles. The number of fused-ring (bicyclic) bond motifs is 2. The van der Waals surface area contributed by atoms with Gasteiger partial charge in [0.25, 0.3) is 0 Å². The van der Waals surface area contributed by atoms with E-state index in [4.69, 9.17) is 19.6 Å². The molecule has 4 aromatic rings. The highest BCUT2D eigenvalue weighted by Crippen LogP contribution is 2.46. The van der Waals surface area contributed by atoms with Gasteiger partial charge in [-0.2, -0.15) is 5.10 Å². The number of rotatable bonds is 9. The Morgan fingerprint density at radius 1 is 1.12 bits per heavy atom. The highest BCUT2D eigenvalue weighted by Gasteiger charge is 2.29. The van der Waals surface area contributed by atoms with Crippen LogP contribution in [0.2, 0.25) is 0 Å². The predicted molar refractivity (Wildman–Crippen MR) is 168 cm³/mol. The van der Waals surface area contributed by atoms with Gasteiger partial charge in [0.15, 0.2) is 0 Å². The average molecular weight is 605 g/mol. The van der Waals surface area contributed by atoms with Gasteiger partial charge in [-0.1, -0.05) is 6.58 Å². The lowest BCUT2D eigenvalue weighted by molar-refractivity contribution is -0.127. The number of thiophene rings is 1. The van der Waals surface area contributed by atoms with Gasteiger partial charge in [0.05, 0.1) is 25.4 Å². The molecule has 226 valence electrons. The van der Waals surface area contributed by atoms with Crippen LogP contribution in [-0.4, -0.2) is 89.6 Å². The zero-order chi connectivity index (χ0) is 30.1. The van der Waals surface area contributed by atoms with Crippen LogP contribution in [0.1, 0.15) is 19.5 Å². The molecule has 43 heavy (non-hydrogen) atoms. The van der Waals surface area contributed by atoms with Crippen molar-refractivity contribution in [2.45, 2.75) is 33.0 Å². The number of ether oxygens (including phenoxy) is 2. The molecule has 2 aliphatic heterocycles. The standard InChI is InChI=1S/C32H37FN6O3S/c1-5-28(40)38-13-14-39-23(20-38)19-26(35-39)30-29(24-7-6-22(33)18-27(24)42-16-15-41-4)31-25(8-17-43-31)32(34-30)37-11-9-36(10-12-37)21(2)3/h5-8,17-19,21H,1,9-16,20H2,2-4H3. The first-order chi connectivity index (χ1) is 20.9. The van der Waals surface area contributed by atoms with Crippen molar-refractivity contribution in [3.63, 3.8) is 0 Å². The molecule has 1 aromatic carbocycles. The summed E-state index contributed by atoms with van der Waals surface area (Å²) in [7, 11) is 1.61. The van der Waals surface area contributed by atoms with Gasteiger partial charge in [0.1, 0.15) is 35.4 Å². The highest BCUT2D eigenvalue weighted by atomic mass is 32.1. The van der Waals surface area contributed by atoms with Crippen molar-refractivity contribution in [2.75, 3.05) is 57.9 Å². The molecule has 1 fully saturated rings. The van der Waals surface area contributed by atoms with E-state index in [0.29, 0.717) is 49.4 Å². The summed E-state index contributed by atoms with van der Waals surface area (Å²) in [5.41, 5.74) is 3.96. The first kappa shape index (κ1) is 29.3. The van der Waals surface area contributed by atoms with E-state index in [1.807, 2.05) is 10.7 Å². The van der Waals surface area contributed by atoms with Crippen LogP contribution < -0.4 is 9.64 Å². The van der Waals surface area contributed by atoms with E-state index in [2.05, 4.69) is 41.7 Å². The van der Waals surface area contributed by atoms with Gasteiger partial charge in [-0.3, -0.25) is 14.4 Å². The molecular formula is C32H37FN6O3S. The number of amides is 1. The molecule has 1 saturated heterocycles. The molecule has 0 saturated carbocycles. The van der Waals surface area contributed by atoms with Crippen molar-refractivity contribution < 1.29 is 18.7 Å². The molecule has 0 aliphatic carbocycles. The summed E-state index contributed by atoms with van der Waals surface area (Å²) in [6.07, 6.45) is 1.35. The fourth-order valence-corrected chi connectivity index (χ4v) is 6.84. The number of carbonyl (C=O) groups is 1. The molecule has 11 heteroatoms. The first-order valence-corrected chi connectivity index (χ1v) is 15.6. The Balaban J connectivity index is 1.51. The number of hydrogen-bond acceptors (Lipinski definition) is 8. The van der Waals surface area contributed by atoms with Gasteiger partial charge in [-0.05, 0) is 49.6 Å². The van der Waals surface area contributed by atoms with Gasteiger partial charge in [-0.15, -0.1) is 11.3 Å². The van der Waals surface area contributed by atoms with E-state index in [1.165, 1.54) is 18.2 Å². The maximum Gasteiger partial charge on any atom is 0.246 e. The second-order valence-corrected chi connectivity index (χ2v) is 12.0. The Labute approximate surface area is 255 Å². The zero-order valence-electron chi connectivity index (χ0n) is 24.9. The largest absolute Gasteiger partial charge is 0.490 e. The highest BCUT2D eigenvalue weighted by molar-refractivity contribution is 7.18. The Hall–Kier alpha value is -3.80. The van der Waals surface area contributed by atoms with Gasteiger partial charge < -0.3 is 19.3 Å². The van der Waals surface area contributed by atoms with Crippen molar-refractivity contribution in [1.29, 1.82) is 0 Å². The molecule has 0 unspecified atom stereocenters. The summed E-state index contributed by atoms with van der Waals surface area (Å²) in [5.74, 6) is 0.883. The number of aromatic nitrogens is 3. The third-order valence-electron chi connectivity index (χ3n) is 8.22. The summed E-state index contributed by atoms with van der Waals surface area (Å²) in [6.45, 7) is 14.0. The summed E-state index contributed by atoms with van der Waals surface area (Å²) in [6, 6.07) is 9.27. The number of hydrogen-bond donors (Lipinski definition) is 0. The fraction of sp³-hybridized carbons (Fsp3) is 0.406. The monoisotopic (exact) mass is 604 g/mol. The lowest BCUT2D eigenvalue weighted by Gasteiger charge is -2.38. The van der Waals surface area contributed by atoms with Gasteiger partial charge in [-0.25, -0.2) is 9.37 Å². The zero-order valence-corrected chi connectivity index (χ0v) is 25.7. The molecule has 6 rings (SSSR count). The van der Waals surface area contributed by atoms with Gasteiger partial charge in [0, 0.05) is 73.2 Å². The molecule has 0 spiro atoms. The van der Waals surface area contributed by atoms with Crippen LogP contribution in [0.5, 0.6) is 5.75 Å². The van der Waals surface area contributed by atoms with Crippen molar-refractivity contribution in [3.8, 4) is 28.3 Å². The smallest absolute Gasteiger partial charge is 0.246 e. The number of anilines is 1. The van der Waals surface area contributed by atoms with Crippen molar-refractivity contribution >= 4 is 33.1 Å². The number of piperazine rings is 1. The molecule has 0 atom stereocenters. The summed E-state index contributed by atoms with van der Waals surface area (Å²) in [5, 5.41) is 8.13. The number of carbonyl (C=O) groups excluding carboxylic acids is 1. The summed E-state index contributed by atoms with van der Waals surface area (Å²) in [4.78, 5) is 24.3. The quantitative estimate of drug-likeness (QED) is 0.196. The van der Waals surface area contributed by atoms with E-state index < -0.39 is 0 Å². The Morgan fingerprint density at radius 2 is 1.93 bits per heavy atom. The Morgan fingerprint density at radius 3 is 2.67 bits per heavy atom. The lowest BCUT2D eigenvalue weighted by atomic mass is 9.99. The number of pyridine rings is 1. The van der Waals surface area contributed by atoms with Crippen LogP contribution in [0.15, 0.2) is 48.4 Å². The molecule has 0 N–H and O–H groups in total. The van der Waals surface area contributed by atoms with Crippen LogP contribution in [-0.2, 0) is 22.6 Å². The molecule has 1 amide bonds. The lowest BCUT2D eigenvalue weighted by Crippen LogP contribution is -2.49. The Bertz CT molecular complexity index is 1640. The van der Waals surface area contributed by atoms with E-state index in [9.17, 15) is 9.18 Å². The van der Waals surface area contributed by atoms with E-state index >= 15 is 0 Å². The topological polar surface area (TPSA) is 76.0 Å². The minimum absolute atomic E-state index is 0.0974. The number of halogens is 1. The van der Waals surface area contributed by atoms with Crippen LogP contribution >= 0.6 is 11.3 Å². The fourth-order valence-electron chi connectivity index (χ4n) is 5.89. The van der Waals surface area contributed by atoms with Crippen LogP contribution in [0.4, 0.5) is 10.2 Å². The molecule has 2 aliphatic rings. The number of nitrogens with zero attached hydrogens (tertiary/aromatic N) is 6. The summed E-state index contributed by atoms with van der Waals surface area (Å²) < 4.78 is 28.8. The third-order valence-corrected chi connectivity index (χ3v) is 9.15. The van der Waals surface area contributed by atoms with E-state index in [-0.39, 0.29) is 18.3 Å². The van der Waals surface area contributed by atoms with Crippen molar-refractivity contribution in [2.24, 2.45) is 0 Å². The second-order valence-electron chi connectivity index (χ2n) is 11.1. The van der Waals surface area contributed by atoms with Gasteiger partial charge >= 0.3 is 0 Å². The molecule has 3 aromatic heterocycles. The Kier molecular flexibility index (Phi) is 8.47. The molecule has 0 bridgehead atoms. The first-order valence-electron chi connectivity index (χ1n) is 14.7. The molecular weight excluding hydrogens is 567 g/mol. The van der Waals surface area contributed by atoms with Crippen LogP contribution in [0, 0.1) is 5.82 Å². The van der Waals surface area contributed by atoms with Crippen LogP contribution in [0.25, 0.3) is 32.6 Å². The minimum Gasteiger partial charge on any atom is -0.490 e. The molecule has 9 nitrogen and oxygen atoms in total. The van der Waals surface area contributed by atoms with E-state index in [0.717, 1.165) is 58.9 Å². The van der Waals surface area contributed by atoms with Gasteiger partial charge in [0.2, 0.25) is 5.91 Å².